The van der Waals surface area contributed by atoms with Crippen molar-refractivity contribution in [1.82, 2.24) is 15.5 Å². The van der Waals surface area contributed by atoms with Crippen LogP contribution in [0.25, 0.3) is 0 Å². The van der Waals surface area contributed by atoms with Crippen LogP contribution in [0.1, 0.15) is 33.3 Å². The average Bonchev–Trinajstić information content (AvgIpc) is 2.56. The molecule has 2 N–H and O–H groups in total. The monoisotopic (exact) mass is 320 g/mol. The van der Waals surface area contributed by atoms with Crippen molar-refractivity contribution in [2.75, 3.05) is 33.3 Å². The van der Waals surface area contributed by atoms with Crippen molar-refractivity contribution in [3.05, 3.63) is 29.8 Å². The average molecular weight is 320 g/mol. The molecule has 0 saturated carbocycles. The standard InChI is InChI=1S/C18H32N4O/c1-6-22(7-2)12-13-23-17-10-8-16(9-11-17)14-20-18(19-5)21-15(3)4/h8-11,15H,6-7,12-14H2,1-5H3,(H2,19,20,21). The van der Waals surface area contributed by atoms with Gasteiger partial charge in [-0.1, -0.05) is 26.0 Å². The van der Waals surface area contributed by atoms with E-state index in [1.807, 2.05) is 12.1 Å². The molecule has 0 atom stereocenters. The maximum Gasteiger partial charge on any atom is 0.191 e. The first kappa shape index (κ1) is 19.3. The maximum absolute atomic E-state index is 5.80. The van der Waals surface area contributed by atoms with E-state index in [9.17, 15) is 0 Å². The number of nitrogens with one attached hydrogen (secondary N) is 2. The number of guanidine groups is 1. The molecule has 130 valence electrons. The molecule has 0 heterocycles. The number of aliphatic imine (C=N–C) groups is 1. The van der Waals surface area contributed by atoms with Gasteiger partial charge in [0.1, 0.15) is 12.4 Å². The lowest BCUT2D eigenvalue weighted by atomic mass is 10.2. The van der Waals surface area contributed by atoms with Crippen molar-refractivity contribution >= 4 is 5.96 Å². The molecule has 0 radical (unpaired) electrons. The number of benzene rings is 1. The first-order chi connectivity index (χ1) is 11.1. The summed E-state index contributed by atoms with van der Waals surface area (Å²) in [4.78, 5) is 6.55. The molecule has 1 aromatic carbocycles. The van der Waals surface area contributed by atoms with Crippen LogP contribution < -0.4 is 15.4 Å². The normalized spacial score (nSPS) is 11.9. The van der Waals surface area contributed by atoms with Gasteiger partial charge < -0.3 is 20.3 Å². The lowest BCUT2D eigenvalue weighted by Gasteiger charge is -2.18. The van der Waals surface area contributed by atoms with Gasteiger partial charge in [-0.25, -0.2) is 0 Å². The number of rotatable bonds is 9. The Kier molecular flexibility index (Phi) is 9.14. The highest BCUT2D eigenvalue weighted by molar-refractivity contribution is 5.79. The summed E-state index contributed by atoms with van der Waals surface area (Å²) in [5, 5.41) is 6.57. The van der Waals surface area contributed by atoms with Gasteiger partial charge in [-0.15, -0.1) is 0 Å². The molecule has 5 nitrogen and oxygen atoms in total. The van der Waals surface area contributed by atoms with E-state index < -0.39 is 0 Å². The Morgan fingerprint density at radius 2 is 1.83 bits per heavy atom. The number of hydrogen-bond donors (Lipinski definition) is 2. The minimum atomic E-state index is 0.364. The van der Waals surface area contributed by atoms with Gasteiger partial charge in [-0.2, -0.15) is 0 Å². The zero-order valence-electron chi connectivity index (χ0n) is 15.2. The van der Waals surface area contributed by atoms with Gasteiger partial charge in [0.25, 0.3) is 0 Å². The summed E-state index contributed by atoms with van der Waals surface area (Å²) in [6.07, 6.45) is 0. The van der Waals surface area contributed by atoms with Crippen molar-refractivity contribution < 1.29 is 4.74 Å². The predicted molar refractivity (Wildman–Crippen MR) is 98.2 cm³/mol. The first-order valence-electron chi connectivity index (χ1n) is 8.50. The van der Waals surface area contributed by atoms with Gasteiger partial charge >= 0.3 is 0 Å². The molecule has 0 aliphatic rings. The Labute approximate surface area is 141 Å². The fourth-order valence-electron chi connectivity index (χ4n) is 2.19. The van der Waals surface area contributed by atoms with Crippen LogP contribution in [0.4, 0.5) is 0 Å². The van der Waals surface area contributed by atoms with Gasteiger partial charge in [-0.05, 0) is 44.6 Å². The van der Waals surface area contributed by atoms with E-state index in [1.165, 1.54) is 5.56 Å². The third kappa shape index (κ3) is 7.88. The smallest absolute Gasteiger partial charge is 0.191 e. The largest absolute Gasteiger partial charge is 0.492 e. The molecule has 23 heavy (non-hydrogen) atoms. The highest BCUT2D eigenvalue weighted by Crippen LogP contribution is 2.12. The van der Waals surface area contributed by atoms with Crippen molar-refractivity contribution in [2.24, 2.45) is 4.99 Å². The van der Waals surface area contributed by atoms with Crippen molar-refractivity contribution in [2.45, 2.75) is 40.3 Å². The lowest BCUT2D eigenvalue weighted by molar-refractivity contribution is 0.223. The maximum atomic E-state index is 5.80. The molecule has 0 fully saturated rings. The van der Waals surface area contributed by atoms with E-state index in [4.69, 9.17) is 4.74 Å². The van der Waals surface area contributed by atoms with Crippen LogP contribution in [0.2, 0.25) is 0 Å². The molecule has 0 aromatic heterocycles. The summed E-state index contributed by atoms with van der Waals surface area (Å²) in [5.41, 5.74) is 1.20. The number of nitrogens with zero attached hydrogens (tertiary/aromatic N) is 2. The molecule has 5 heteroatoms. The van der Waals surface area contributed by atoms with Crippen LogP contribution in [0, 0.1) is 0 Å². The second-order valence-electron chi connectivity index (χ2n) is 5.74. The molecule has 0 bridgehead atoms. The van der Waals surface area contributed by atoms with Gasteiger partial charge in [-0.3, -0.25) is 4.99 Å². The number of hydrogen-bond acceptors (Lipinski definition) is 3. The first-order valence-corrected chi connectivity index (χ1v) is 8.50. The zero-order valence-corrected chi connectivity index (χ0v) is 15.2. The Hall–Kier alpha value is -1.75. The Morgan fingerprint density at radius 1 is 1.17 bits per heavy atom. The van der Waals surface area contributed by atoms with Gasteiger partial charge in [0.15, 0.2) is 5.96 Å². The van der Waals surface area contributed by atoms with Gasteiger partial charge in [0, 0.05) is 26.2 Å². The van der Waals surface area contributed by atoms with E-state index >= 15 is 0 Å². The molecule has 1 rings (SSSR count). The highest BCUT2D eigenvalue weighted by Gasteiger charge is 2.02. The summed E-state index contributed by atoms with van der Waals surface area (Å²) in [5.74, 6) is 1.74. The summed E-state index contributed by atoms with van der Waals surface area (Å²) in [6.45, 7) is 13.1. The molecule has 0 aliphatic carbocycles. The summed E-state index contributed by atoms with van der Waals surface area (Å²) >= 11 is 0. The molecule has 1 aromatic rings. The fourth-order valence-corrected chi connectivity index (χ4v) is 2.19. The van der Waals surface area contributed by atoms with Gasteiger partial charge in [0.05, 0.1) is 0 Å². The Balaban J connectivity index is 2.38. The lowest BCUT2D eigenvalue weighted by Crippen LogP contribution is -2.40. The van der Waals surface area contributed by atoms with Crippen LogP contribution in [-0.4, -0.2) is 50.2 Å². The third-order valence-electron chi connectivity index (χ3n) is 3.60. The van der Waals surface area contributed by atoms with Crippen LogP contribution in [0.5, 0.6) is 5.75 Å². The van der Waals surface area contributed by atoms with Crippen molar-refractivity contribution in [3.8, 4) is 5.75 Å². The van der Waals surface area contributed by atoms with E-state index in [0.717, 1.165) is 44.5 Å². The predicted octanol–water partition coefficient (Wildman–Crippen LogP) is 2.48. The Morgan fingerprint density at radius 3 is 2.35 bits per heavy atom. The topological polar surface area (TPSA) is 48.9 Å². The molecule has 0 aliphatic heterocycles. The fraction of sp³-hybridized carbons (Fsp3) is 0.611. The van der Waals surface area contributed by atoms with Gasteiger partial charge in [0.2, 0.25) is 0 Å². The molecular weight excluding hydrogens is 288 g/mol. The molecule has 0 unspecified atom stereocenters. The zero-order chi connectivity index (χ0) is 17.1. The molecule has 0 saturated heterocycles. The van der Waals surface area contributed by atoms with Crippen LogP contribution in [0.15, 0.2) is 29.3 Å². The number of likely N-dealkylation sites (N-methyl/N-ethyl adjacent to an activating group) is 1. The second-order valence-corrected chi connectivity index (χ2v) is 5.74. The van der Waals surface area contributed by atoms with Crippen molar-refractivity contribution in [3.63, 3.8) is 0 Å². The van der Waals surface area contributed by atoms with E-state index in [2.05, 4.69) is 60.4 Å². The SMILES string of the molecule is CCN(CC)CCOc1ccc(CNC(=NC)NC(C)C)cc1. The second kappa shape index (κ2) is 10.9. The van der Waals surface area contributed by atoms with E-state index in [1.54, 1.807) is 7.05 Å². The van der Waals surface area contributed by atoms with Crippen LogP contribution in [0.3, 0.4) is 0 Å². The number of ether oxygens (including phenoxy) is 1. The van der Waals surface area contributed by atoms with E-state index in [0.29, 0.717) is 6.04 Å². The quantitative estimate of drug-likeness (QED) is 0.542. The summed E-state index contributed by atoms with van der Waals surface area (Å²) in [7, 11) is 1.78. The minimum Gasteiger partial charge on any atom is -0.492 e. The highest BCUT2D eigenvalue weighted by atomic mass is 16.5. The third-order valence-corrected chi connectivity index (χ3v) is 3.60. The molecular formula is C18H32N4O. The minimum absolute atomic E-state index is 0.364. The summed E-state index contributed by atoms with van der Waals surface area (Å²) in [6, 6.07) is 8.59. The molecule has 0 amide bonds. The van der Waals surface area contributed by atoms with E-state index in [-0.39, 0.29) is 0 Å². The molecule has 0 spiro atoms. The van der Waals surface area contributed by atoms with Crippen LogP contribution in [-0.2, 0) is 6.54 Å². The Bertz CT molecular complexity index is 453. The van der Waals surface area contributed by atoms with Crippen molar-refractivity contribution in [1.29, 1.82) is 0 Å². The summed E-state index contributed by atoms with van der Waals surface area (Å²) < 4.78 is 5.80. The van der Waals surface area contributed by atoms with Crippen LogP contribution >= 0.6 is 0 Å².